The van der Waals surface area contributed by atoms with E-state index in [1.165, 1.54) is 0 Å². The smallest absolute Gasteiger partial charge is 0.254 e. The van der Waals surface area contributed by atoms with Gasteiger partial charge in [0.25, 0.3) is 5.91 Å². The molecule has 0 radical (unpaired) electrons. The van der Waals surface area contributed by atoms with Crippen LogP contribution in [-0.2, 0) is 4.74 Å². The molecule has 8 heteroatoms. The fraction of sp³-hybridized carbons (Fsp3) is 0.476. The lowest BCUT2D eigenvalue weighted by molar-refractivity contribution is 0.0384. The lowest BCUT2D eigenvalue weighted by atomic mass is 10.0. The molecule has 1 fully saturated rings. The van der Waals surface area contributed by atoms with Gasteiger partial charge in [0.2, 0.25) is 0 Å². The topological polar surface area (TPSA) is 58.8 Å². The van der Waals surface area contributed by atoms with Crippen molar-refractivity contribution < 1.29 is 9.53 Å². The summed E-state index contributed by atoms with van der Waals surface area (Å²) in [6.45, 7) is 3.71. The molecule has 2 N–H and O–H groups in total. The molecule has 0 aromatic heterocycles. The minimum Gasteiger partial charge on any atom is -0.385 e. The van der Waals surface area contributed by atoms with Gasteiger partial charge in [-0.25, -0.2) is 0 Å². The van der Waals surface area contributed by atoms with Crippen LogP contribution in [0.3, 0.4) is 0 Å². The molecule has 3 rings (SSSR count). The maximum atomic E-state index is 13.3. The standard InChI is InChI=1S/C21H29N3O2S.2ClH/c1-26-12-9-18-14-24(11-10-23(18)13-17(22)15-27)21(25)20-8-4-6-16-5-2-3-7-19(16)20;;/h2-8,17-18,27H,9-15,22H2,1H3;2*1H. The van der Waals surface area contributed by atoms with Crippen LogP contribution in [0.25, 0.3) is 10.8 Å². The zero-order valence-electron chi connectivity index (χ0n) is 16.7. The first kappa shape index (κ1) is 26.0. The highest BCUT2D eigenvalue weighted by atomic mass is 35.5. The predicted octanol–water partition coefficient (Wildman–Crippen LogP) is 3.10. The van der Waals surface area contributed by atoms with E-state index in [0.717, 1.165) is 35.8 Å². The van der Waals surface area contributed by atoms with Crippen molar-refractivity contribution in [3.8, 4) is 0 Å². The number of rotatable bonds is 7. The van der Waals surface area contributed by atoms with E-state index in [4.69, 9.17) is 10.5 Å². The summed E-state index contributed by atoms with van der Waals surface area (Å²) >= 11 is 4.31. The first-order chi connectivity index (χ1) is 13.1. The van der Waals surface area contributed by atoms with Crippen molar-refractivity contribution in [2.75, 3.05) is 45.6 Å². The summed E-state index contributed by atoms with van der Waals surface area (Å²) in [5.41, 5.74) is 6.89. The van der Waals surface area contributed by atoms with Gasteiger partial charge in [0.1, 0.15) is 0 Å². The maximum absolute atomic E-state index is 13.3. The molecule has 1 saturated heterocycles. The second-order valence-electron chi connectivity index (χ2n) is 7.15. The summed E-state index contributed by atoms with van der Waals surface area (Å²) in [5, 5.41) is 2.11. The highest BCUT2D eigenvalue weighted by Gasteiger charge is 2.30. The van der Waals surface area contributed by atoms with Crippen LogP contribution in [0.1, 0.15) is 16.8 Å². The summed E-state index contributed by atoms with van der Waals surface area (Å²) < 4.78 is 5.29. The highest BCUT2D eigenvalue weighted by Crippen LogP contribution is 2.22. The molecule has 2 aromatic rings. The Kier molecular flexibility index (Phi) is 11.3. The summed E-state index contributed by atoms with van der Waals surface area (Å²) in [6.07, 6.45) is 0.884. The van der Waals surface area contributed by atoms with Gasteiger partial charge in [-0.3, -0.25) is 9.69 Å². The van der Waals surface area contributed by atoms with Crippen LogP contribution in [0.4, 0.5) is 0 Å². The van der Waals surface area contributed by atoms with Gasteiger partial charge in [0, 0.05) is 63.3 Å². The Labute approximate surface area is 191 Å². The van der Waals surface area contributed by atoms with E-state index in [9.17, 15) is 4.79 Å². The Morgan fingerprint density at radius 3 is 2.66 bits per heavy atom. The molecular formula is C21H31Cl2N3O2S. The van der Waals surface area contributed by atoms with Crippen molar-refractivity contribution in [1.29, 1.82) is 0 Å². The van der Waals surface area contributed by atoms with Crippen LogP contribution >= 0.6 is 37.4 Å². The van der Waals surface area contributed by atoms with Gasteiger partial charge in [0.05, 0.1) is 0 Å². The highest BCUT2D eigenvalue weighted by molar-refractivity contribution is 7.80. The third-order valence-corrected chi connectivity index (χ3v) is 5.74. The van der Waals surface area contributed by atoms with Crippen molar-refractivity contribution in [2.24, 2.45) is 5.73 Å². The molecule has 29 heavy (non-hydrogen) atoms. The summed E-state index contributed by atoms with van der Waals surface area (Å²) in [6, 6.07) is 14.3. The van der Waals surface area contributed by atoms with Gasteiger partial charge in [-0.1, -0.05) is 36.4 Å². The first-order valence-electron chi connectivity index (χ1n) is 9.50. The van der Waals surface area contributed by atoms with Crippen LogP contribution in [0, 0.1) is 0 Å². The third kappa shape index (κ3) is 6.48. The SMILES string of the molecule is COCCC1CN(C(=O)c2cccc3ccccc23)CCN1CC(N)CS.Cl.Cl. The second kappa shape index (κ2) is 12.6. The van der Waals surface area contributed by atoms with Gasteiger partial charge < -0.3 is 15.4 Å². The molecule has 0 spiro atoms. The zero-order valence-corrected chi connectivity index (χ0v) is 19.2. The van der Waals surface area contributed by atoms with E-state index < -0.39 is 0 Å². The van der Waals surface area contributed by atoms with Gasteiger partial charge in [-0.05, 0) is 23.3 Å². The van der Waals surface area contributed by atoms with E-state index >= 15 is 0 Å². The number of carbonyl (C=O) groups is 1. The quantitative estimate of drug-likeness (QED) is 0.624. The van der Waals surface area contributed by atoms with E-state index in [-0.39, 0.29) is 42.8 Å². The number of ether oxygens (including phenoxy) is 1. The van der Waals surface area contributed by atoms with Gasteiger partial charge in [-0.15, -0.1) is 24.8 Å². The van der Waals surface area contributed by atoms with Crippen LogP contribution in [0.5, 0.6) is 0 Å². The monoisotopic (exact) mass is 459 g/mol. The third-order valence-electron chi connectivity index (χ3n) is 5.27. The zero-order chi connectivity index (χ0) is 19.2. The Morgan fingerprint density at radius 2 is 1.93 bits per heavy atom. The summed E-state index contributed by atoms with van der Waals surface area (Å²) in [7, 11) is 1.71. The second-order valence-corrected chi connectivity index (χ2v) is 7.52. The van der Waals surface area contributed by atoms with Crippen molar-refractivity contribution >= 4 is 54.1 Å². The molecule has 1 aliphatic rings. The fourth-order valence-electron chi connectivity index (χ4n) is 3.79. The van der Waals surface area contributed by atoms with Gasteiger partial charge in [0.15, 0.2) is 0 Å². The van der Waals surface area contributed by atoms with E-state index in [1.54, 1.807) is 7.11 Å². The van der Waals surface area contributed by atoms with E-state index in [0.29, 0.717) is 25.4 Å². The number of carbonyl (C=O) groups excluding carboxylic acids is 1. The largest absolute Gasteiger partial charge is 0.385 e. The Hall–Kier alpha value is -1.02. The van der Waals surface area contributed by atoms with E-state index in [2.05, 4.69) is 17.5 Å². The number of nitrogens with two attached hydrogens (primary N) is 1. The number of piperazine rings is 1. The molecule has 0 bridgehead atoms. The molecule has 1 heterocycles. The number of hydrogen-bond acceptors (Lipinski definition) is 5. The number of hydrogen-bond donors (Lipinski definition) is 2. The Morgan fingerprint density at radius 1 is 1.21 bits per heavy atom. The van der Waals surface area contributed by atoms with Crippen molar-refractivity contribution in [3.05, 3.63) is 48.0 Å². The normalized spacial score (nSPS) is 18.0. The Bertz CT molecular complexity index is 775. The lowest BCUT2D eigenvalue weighted by Crippen LogP contribution is -2.57. The molecule has 2 unspecified atom stereocenters. The molecule has 162 valence electrons. The summed E-state index contributed by atoms with van der Waals surface area (Å²) in [5.74, 6) is 0.763. The van der Waals surface area contributed by atoms with Crippen LogP contribution in [0.2, 0.25) is 0 Å². The first-order valence-corrected chi connectivity index (χ1v) is 10.1. The molecule has 0 aliphatic carbocycles. The Balaban J connectivity index is 0.00000210. The van der Waals surface area contributed by atoms with Crippen LogP contribution in [-0.4, -0.2) is 73.4 Å². The molecule has 0 saturated carbocycles. The number of methoxy groups -OCH3 is 1. The van der Waals surface area contributed by atoms with Gasteiger partial charge >= 0.3 is 0 Å². The van der Waals surface area contributed by atoms with Gasteiger partial charge in [-0.2, -0.15) is 12.6 Å². The van der Waals surface area contributed by atoms with E-state index in [1.807, 2.05) is 47.4 Å². The number of thiol groups is 1. The van der Waals surface area contributed by atoms with Crippen molar-refractivity contribution in [2.45, 2.75) is 18.5 Å². The minimum atomic E-state index is 0. The molecule has 2 aromatic carbocycles. The number of halogens is 2. The average molecular weight is 460 g/mol. The molecule has 1 amide bonds. The number of nitrogens with zero attached hydrogens (tertiary/aromatic N) is 2. The predicted molar refractivity (Wildman–Crippen MR) is 128 cm³/mol. The molecule has 1 aliphatic heterocycles. The van der Waals surface area contributed by atoms with Crippen molar-refractivity contribution in [3.63, 3.8) is 0 Å². The number of amides is 1. The number of benzene rings is 2. The fourth-order valence-corrected chi connectivity index (χ4v) is 3.90. The molecule has 2 atom stereocenters. The average Bonchev–Trinajstić information content (AvgIpc) is 2.71. The lowest BCUT2D eigenvalue weighted by Gasteiger charge is -2.42. The minimum absolute atomic E-state index is 0. The van der Waals surface area contributed by atoms with Crippen LogP contribution < -0.4 is 5.73 Å². The van der Waals surface area contributed by atoms with Crippen LogP contribution in [0.15, 0.2) is 42.5 Å². The number of fused-ring (bicyclic) bond motifs is 1. The molecule has 5 nitrogen and oxygen atoms in total. The summed E-state index contributed by atoms with van der Waals surface area (Å²) in [4.78, 5) is 17.6. The maximum Gasteiger partial charge on any atom is 0.254 e. The molecular weight excluding hydrogens is 429 g/mol. The van der Waals surface area contributed by atoms with Crippen molar-refractivity contribution in [1.82, 2.24) is 9.80 Å².